The van der Waals surface area contributed by atoms with Crippen LogP contribution in [0, 0.1) is 6.92 Å². The lowest BCUT2D eigenvalue weighted by Crippen LogP contribution is -2.28. The van der Waals surface area contributed by atoms with E-state index in [0.29, 0.717) is 0 Å². The first-order valence-electron chi connectivity index (χ1n) is 5.68. The van der Waals surface area contributed by atoms with Crippen LogP contribution in [0.25, 0.3) is 6.08 Å². The van der Waals surface area contributed by atoms with E-state index in [1.165, 1.54) is 12.1 Å². The van der Waals surface area contributed by atoms with Gasteiger partial charge in [0.2, 0.25) is 0 Å². The van der Waals surface area contributed by atoms with Gasteiger partial charge in [-0.15, -0.1) is 11.3 Å². The summed E-state index contributed by atoms with van der Waals surface area (Å²) in [5.41, 5.74) is 1.59. The molecule has 0 spiro atoms. The summed E-state index contributed by atoms with van der Waals surface area (Å²) in [5.74, 6) is -0.695. The molecule has 0 bridgehead atoms. The molecule has 0 radical (unpaired) electrons. The summed E-state index contributed by atoms with van der Waals surface area (Å²) >= 11 is 1.05. The van der Waals surface area contributed by atoms with E-state index in [0.717, 1.165) is 28.7 Å². The van der Waals surface area contributed by atoms with E-state index in [-0.39, 0.29) is 4.21 Å². The second-order valence-corrected chi connectivity index (χ2v) is 6.83. The van der Waals surface area contributed by atoms with E-state index >= 15 is 0 Å². The molecule has 1 N–H and O–H groups in total. The highest BCUT2D eigenvalue weighted by atomic mass is 32.2. The molecule has 0 aliphatic carbocycles. The van der Waals surface area contributed by atoms with Crippen LogP contribution in [0.15, 0.2) is 46.1 Å². The van der Waals surface area contributed by atoms with E-state index in [4.69, 9.17) is 0 Å². The van der Waals surface area contributed by atoms with Crippen molar-refractivity contribution in [1.29, 1.82) is 0 Å². The molecule has 0 aromatic carbocycles. The van der Waals surface area contributed by atoms with Gasteiger partial charge >= 0.3 is 0 Å². The Bertz CT molecular complexity index is 717. The molecule has 2 heterocycles. The lowest BCUT2D eigenvalue weighted by molar-refractivity contribution is -0.114. The van der Waals surface area contributed by atoms with Crippen molar-refractivity contribution in [3.63, 3.8) is 0 Å². The monoisotopic (exact) mass is 308 g/mol. The quantitative estimate of drug-likeness (QED) is 0.876. The third-order valence-electron chi connectivity index (χ3n) is 2.36. The normalized spacial score (nSPS) is 11.7. The van der Waals surface area contributed by atoms with E-state index in [2.05, 4.69) is 4.98 Å². The van der Waals surface area contributed by atoms with Crippen LogP contribution in [0.3, 0.4) is 0 Å². The van der Waals surface area contributed by atoms with E-state index < -0.39 is 15.9 Å². The molecule has 7 heteroatoms. The molecule has 0 aliphatic rings. The minimum Gasteiger partial charge on any atom is -0.269 e. The minimum atomic E-state index is -3.78. The molecule has 5 nitrogen and oxygen atoms in total. The molecule has 20 heavy (non-hydrogen) atoms. The number of hydrogen-bond acceptors (Lipinski definition) is 5. The molecule has 2 aromatic heterocycles. The van der Waals surface area contributed by atoms with Crippen molar-refractivity contribution >= 4 is 33.3 Å². The number of nitrogens with zero attached hydrogens (tertiary/aromatic N) is 1. The second kappa shape index (κ2) is 5.98. The third kappa shape index (κ3) is 3.75. The van der Waals surface area contributed by atoms with Gasteiger partial charge in [-0.25, -0.2) is 13.1 Å². The Balaban J connectivity index is 2.04. The number of aromatic nitrogens is 1. The van der Waals surface area contributed by atoms with E-state index in [1.807, 2.05) is 11.6 Å². The Morgan fingerprint density at radius 1 is 1.35 bits per heavy atom. The van der Waals surface area contributed by atoms with Crippen LogP contribution >= 0.6 is 11.3 Å². The van der Waals surface area contributed by atoms with Crippen molar-refractivity contribution in [3.8, 4) is 0 Å². The first-order chi connectivity index (χ1) is 9.47. The molecule has 0 unspecified atom stereocenters. The molecule has 0 aliphatic heterocycles. The van der Waals surface area contributed by atoms with E-state index in [9.17, 15) is 13.2 Å². The first-order valence-corrected chi connectivity index (χ1v) is 8.05. The molecule has 104 valence electrons. The Morgan fingerprint density at radius 3 is 2.75 bits per heavy atom. The summed E-state index contributed by atoms with van der Waals surface area (Å²) in [6.45, 7) is 1.85. The SMILES string of the molecule is Cc1ccc(C=CC(=O)NS(=O)(=O)c2cccs2)cn1. The van der Waals surface area contributed by atoms with Crippen molar-refractivity contribution in [2.45, 2.75) is 11.1 Å². The van der Waals surface area contributed by atoms with E-state index in [1.54, 1.807) is 29.8 Å². The highest BCUT2D eigenvalue weighted by Crippen LogP contribution is 2.15. The van der Waals surface area contributed by atoms with Crippen molar-refractivity contribution < 1.29 is 13.2 Å². The minimum absolute atomic E-state index is 0.108. The van der Waals surface area contributed by atoms with Crippen LogP contribution in [-0.4, -0.2) is 19.3 Å². The number of carbonyl (C=O) groups is 1. The van der Waals surface area contributed by atoms with Gasteiger partial charge in [-0.05, 0) is 36.1 Å². The number of amides is 1. The summed E-state index contributed by atoms with van der Waals surface area (Å²) < 4.78 is 25.7. The lowest BCUT2D eigenvalue weighted by atomic mass is 10.2. The van der Waals surface area contributed by atoms with Crippen LogP contribution in [0.4, 0.5) is 0 Å². The van der Waals surface area contributed by atoms with Crippen molar-refractivity contribution in [2.75, 3.05) is 0 Å². The average molecular weight is 308 g/mol. The van der Waals surface area contributed by atoms with Crippen molar-refractivity contribution in [2.24, 2.45) is 0 Å². The number of nitrogens with one attached hydrogen (secondary N) is 1. The molecule has 0 saturated carbocycles. The molecule has 2 aromatic rings. The number of thiophene rings is 1. The van der Waals surface area contributed by atoms with Gasteiger partial charge in [-0.2, -0.15) is 0 Å². The van der Waals surface area contributed by atoms with Gasteiger partial charge in [0, 0.05) is 18.0 Å². The van der Waals surface area contributed by atoms with Gasteiger partial charge in [0.05, 0.1) is 0 Å². The van der Waals surface area contributed by atoms with Gasteiger partial charge in [0.1, 0.15) is 4.21 Å². The number of pyridine rings is 1. The summed E-state index contributed by atoms with van der Waals surface area (Å²) in [6, 6.07) is 6.64. The maximum Gasteiger partial charge on any atom is 0.273 e. The zero-order chi connectivity index (χ0) is 14.6. The summed E-state index contributed by atoms with van der Waals surface area (Å²) in [6.07, 6.45) is 4.27. The standard InChI is InChI=1S/C13H12N2O3S2/c1-10-4-5-11(9-14-10)6-7-12(16)15-20(17,18)13-3-2-8-19-13/h2-9H,1H3,(H,15,16). The zero-order valence-corrected chi connectivity index (χ0v) is 12.2. The predicted molar refractivity (Wildman–Crippen MR) is 77.7 cm³/mol. The molecular formula is C13H12N2O3S2. The van der Waals surface area contributed by atoms with Crippen LogP contribution in [0.2, 0.25) is 0 Å². The number of aryl methyl sites for hydroxylation is 1. The second-order valence-electron chi connectivity index (χ2n) is 3.97. The Kier molecular flexibility index (Phi) is 4.31. The van der Waals surface area contributed by atoms with Gasteiger partial charge < -0.3 is 0 Å². The fraction of sp³-hybridized carbons (Fsp3) is 0.0769. The maximum atomic E-state index is 11.8. The average Bonchev–Trinajstić information content (AvgIpc) is 2.92. The molecule has 0 fully saturated rings. The number of hydrogen-bond donors (Lipinski definition) is 1. The van der Waals surface area contributed by atoms with Gasteiger partial charge in [0.15, 0.2) is 0 Å². The largest absolute Gasteiger partial charge is 0.273 e. The smallest absolute Gasteiger partial charge is 0.269 e. The summed E-state index contributed by atoms with van der Waals surface area (Å²) in [4.78, 5) is 15.7. The fourth-order valence-corrected chi connectivity index (χ4v) is 3.32. The highest BCUT2D eigenvalue weighted by molar-refractivity contribution is 7.92. The van der Waals surface area contributed by atoms with Crippen LogP contribution in [-0.2, 0) is 14.8 Å². The van der Waals surface area contributed by atoms with Crippen LogP contribution in [0.5, 0.6) is 0 Å². The molecule has 1 amide bonds. The molecule has 2 rings (SSSR count). The van der Waals surface area contributed by atoms with Gasteiger partial charge in [-0.1, -0.05) is 12.1 Å². The summed E-state index contributed by atoms with van der Waals surface area (Å²) in [5, 5.41) is 1.63. The molecular weight excluding hydrogens is 296 g/mol. The lowest BCUT2D eigenvalue weighted by Gasteiger charge is -2.01. The number of rotatable bonds is 4. The first kappa shape index (κ1) is 14.4. The maximum absolute atomic E-state index is 11.8. The third-order valence-corrected chi connectivity index (χ3v) is 5.10. The topological polar surface area (TPSA) is 76.1 Å². The molecule has 0 saturated heterocycles. The Morgan fingerprint density at radius 2 is 2.15 bits per heavy atom. The number of sulfonamides is 1. The Hall–Kier alpha value is -1.99. The predicted octanol–water partition coefficient (Wildman–Crippen LogP) is 1.97. The van der Waals surface area contributed by atoms with Crippen LogP contribution in [0.1, 0.15) is 11.3 Å². The van der Waals surface area contributed by atoms with Crippen molar-refractivity contribution in [3.05, 3.63) is 53.2 Å². The number of carbonyl (C=O) groups excluding carboxylic acids is 1. The van der Waals surface area contributed by atoms with Crippen molar-refractivity contribution in [1.82, 2.24) is 9.71 Å². The highest BCUT2D eigenvalue weighted by Gasteiger charge is 2.16. The zero-order valence-electron chi connectivity index (χ0n) is 10.6. The molecule has 0 atom stereocenters. The fourth-order valence-electron chi connectivity index (χ4n) is 1.38. The summed E-state index contributed by atoms with van der Waals surface area (Å²) in [7, 11) is -3.78. The Labute approximate surface area is 121 Å². The van der Waals surface area contributed by atoms with Gasteiger partial charge in [-0.3, -0.25) is 9.78 Å². The van der Waals surface area contributed by atoms with Gasteiger partial charge in [0.25, 0.3) is 15.9 Å². The van der Waals surface area contributed by atoms with Crippen LogP contribution < -0.4 is 4.72 Å².